The van der Waals surface area contributed by atoms with Crippen molar-refractivity contribution < 1.29 is 13.9 Å². The first-order chi connectivity index (χ1) is 11.7. The van der Waals surface area contributed by atoms with E-state index in [-0.39, 0.29) is 5.91 Å². The maximum atomic E-state index is 12.1. The number of hydrogen-bond donors (Lipinski definition) is 1. The van der Waals surface area contributed by atoms with E-state index in [9.17, 15) is 4.79 Å². The van der Waals surface area contributed by atoms with Crippen LogP contribution in [0.4, 0.5) is 5.13 Å². The monoisotopic (exact) mass is 356 g/mol. The van der Waals surface area contributed by atoms with Crippen LogP contribution in [-0.2, 0) is 0 Å². The van der Waals surface area contributed by atoms with E-state index in [1.54, 1.807) is 13.2 Å². The highest BCUT2D eigenvalue weighted by atomic mass is 32.1. The molecule has 0 fully saturated rings. The zero-order valence-corrected chi connectivity index (χ0v) is 14.2. The Morgan fingerprint density at radius 2 is 2.17 bits per heavy atom. The van der Waals surface area contributed by atoms with Crippen molar-refractivity contribution in [2.75, 3.05) is 12.4 Å². The summed E-state index contributed by atoms with van der Waals surface area (Å²) in [5, 5.41) is 8.02. The van der Waals surface area contributed by atoms with Crippen LogP contribution in [0.5, 0.6) is 5.75 Å². The summed E-state index contributed by atoms with van der Waals surface area (Å²) in [5.41, 5.74) is 1.46. The maximum absolute atomic E-state index is 12.1. The van der Waals surface area contributed by atoms with Gasteiger partial charge in [-0.2, -0.15) is 0 Å². The number of fused-ring (bicyclic) bond motifs is 1. The zero-order valence-electron chi connectivity index (χ0n) is 12.6. The van der Waals surface area contributed by atoms with Gasteiger partial charge in [0.25, 0.3) is 5.91 Å². The fraction of sp³-hybridized carbons (Fsp3) is 0.0588. The van der Waals surface area contributed by atoms with Crippen molar-refractivity contribution in [1.82, 2.24) is 4.98 Å². The Labute approximate surface area is 145 Å². The molecule has 0 atom stereocenters. The number of benzene rings is 1. The molecule has 3 aromatic heterocycles. The molecule has 0 bridgehead atoms. The van der Waals surface area contributed by atoms with Gasteiger partial charge in [0, 0.05) is 10.8 Å². The number of methoxy groups -OCH3 is 1. The van der Waals surface area contributed by atoms with Crippen molar-refractivity contribution >= 4 is 44.7 Å². The quantitative estimate of drug-likeness (QED) is 0.566. The highest BCUT2D eigenvalue weighted by Crippen LogP contribution is 2.32. The molecule has 1 amide bonds. The molecule has 5 nitrogen and oxygen atoms in total. The summed E-state index contributed by atoms with van der Waals surface area (Å²) in [5.74, 6) is 1.28. The molecule has 1 N–H and O–H groups in total. The van der Waals surface area contributed by atoms with Gasteiger partial charge in [0.2, 0.25) is 0 Å². The van der Waals surface area contributed by atoms with E-state index in [2.05, 4.69) is 10.3 Å². The van der Waals surface area contributed by atoms with Crippen LogP contribution in [0.3, 0.4) is 0 Å². The molecule has 0 aliphatic carbocycles. The van der Waals surface area contributed by atoms with Crippen molar-refractivity contribution in [3.05, 3.63) is 52.0 Å². The minimum absolute atomic E-state index is 0.153. The summed E-state index contributed by atoms with van der Waals surface area (Å²) >= 11 is 2.76. The van der Waals surface area contributed by atoms with E-state index in [1.807, 2.05) is 41.1 Å². The van der Waals surface area contributed by atoms with E-state index in [1.165, 1.54) is 22.7 Å². The topological polar surface area (TPSA) is 64.4 Å². The first-order valence-corrected chi connectivity index (χ1v) is 8.87. The molecule has 0 radical (unpaired) electrons. The van der Waals surface area contributed by atoms with Crippen LogP contribution < -0.4 is 10.1 Å². The molecule has 4 rings (SSSR count). The second kappa shape index (κ2) is 6.10. The number of aromatic nitrogens is 1. The number of thiazole rings is 1. The zero-order chi connectivity index (χ0) is 16.5. The number of furan rings is 1. The number of amides is 1. The molecule has 0 unspecified atom stereocenters. The minimum atomic E-state index is -0.153. The smallest absolute Gasteiger partial charge is 0.267 e. The first kappa shape index (κ1) is 14.9. The Bertz CT molecular complexity index is 1000. The lowest BCUT2D eigenvalue weighted by Crippen LogP contribution is -2.09. The lowest BCUT2D eigenvalue weighted by molar-refractivity contribution is 0.103. The molecule has 0 saturated heterocycles. The van der Waals surface area contributed by atoms with Gasteiger partial charge in [0.05, 0.1) is 12.0 Å². The van der Waals surface area contributed by atoms with Gasteiger partial charge in [-0.15, -0.1) is 22.7 Å². The summed E-state index contributed by atoms with van der Waals surface area (Å²) in [6.07, 6.45) is 0. The third-order valence-electron chi connectivity index (χ3n) is 3.45. The molecular weight excluding hydrogens is 344 g/mol. The number of nitrogens with zero attached hydrogens (tertiary/aromatic N) is 1. The number of rotatable bonds is 4. The van der Waals surface area contributed by atoms with Crippen LogP contribution in [0.15, 0.2) is 51.6 Å². The van der Waals surface area contributed by atoms with E-state index < -0.39 is 0 Å². The Hall–Kier alpha value is -2.64. The van der Waals surface area contributed by atoms with Crippen LogP contribution in [0.1, 0.15) is 9.67 Å². The van der Waals surface area contributed by atoms with E-state index >= 15 is 0 Å². The van der Waals surface area contributed by atoms with Gasteiger partial charge in [0.1, 0.15) is 17.0 Å². The molecule has 0 aliphatic rings. The van der Waals surface area contributed by atoms with Crippen molar-refractivity contribution in [1.29, 1.82) is 0 Å². The van der Waals surface area contributed by atoms with Crippen molar-refractivity contribution in [3.8, 4) is 17.2 Å². The van der Waals surface area contributed by atoms with Crippen LogP contribution in [0, 0.1) is 0 Å². The molecule has 0 aliphatic heterocycles. The lowest BCUT2D eigenvalue weighted by Gasteiger charge is -1.97. The molecule has 0 saturated carbocycles. The Balaban J connectivity index is 1.59. The van der Waals surface area contributed by atoms with Crippen LogP contribution >= 0.6 is 22.7 Å². The fourth-order valence-corrected chi connectivity index (χ4v) is 3.60. The number of ether oxygens (including phenoxy) is 1. The Morgan fingerprint density at radius 3 is 2.96 bits per heavy atom. The summed E-state index contributed by atoms with van der Waals surface area (Å²) in [7, 11) is 1.63. The van der Waals surface area contributed by atoms with Gasteiger partial charge in [-0.25, -0.2) is 4.98 Å². The third kappa shape index (κ3) is 2.79. The van der Waals surface area contributed by atoms with Crippen molar-refractivity contribution in [2.24, 2.45) is 0 Å². The van der Waals surface area contributed by atoms with Crippen molar-refractivity contribution in [2.45, 2.75) is 0 Å². The Kier molecular flexibility index (Phi) is 3.79. The van der Waals surface area contributed by atoms with Crippen LogP contribution in [0.2, 0.25) is 0 Å². The second-order valence-corrected chi connectivity index (χ2v) is 6.79. The number of thiophene rings is 1. The van der Waals surface area contributed by atoms with Gasteiger partial charge < -0.3 is 9.15 Å². The Morgan fingerprint density at radius 1 is 1.25 bits per heavy atom. The standard InChI is InChI=1S/C17H12N2O3S2/c1-21-11-4-5-13-10(7-11)8-14(22-13)12-9-24-17(18-12)19-16(20)15-3-2-6-23-15/h2-9H,1H3,(H,18,19,20). The van der Waals surface area contributed by atoms with E-state index in [4.69, 9.17) is 9.15 Å². The summed E-state index contributed by atoms with van der Waals surface area (Å²) in [6, 6.07) is 11.2. The van der Waals surface area contributed by atoms with Gasteiger partial charge in [-0.05, 0) is 35.7 Å². The first-order valence-electron chi connectivity index (χ1n) is 7.11. The number of anilines is 1. The molecule has 3 heterocycles. The second-order valence-electron chi connectivity index (χ2n) is 4.98. The van der Waals surface area contributed by atoms with Gasteiger partial charge in [-0.3, -0.25) is 10.1 Å². The third-order valence-corrected chi connectivity index (χ3v) is 5.07. The molecular formula is C17H12N2O3S2. The maximum Gasteiger partial charge on any atom is 0.267 e. The van der Waals surface area contributed by atoms with Gasteiger partial charge in [-0.1, -0.05) is 6.07 Å². The SMILES string of the molecule is COc1ccc2oc(-c3csc(NC(=O)c4cccs4)n3)cc2c1. The predicted molar refractivity (Wildman–Crippen MR) is 96.1 cm³/mol. The van der Waals surface area contributed by atoms with Crippen LogP contribution in [-0.4, -0.2) is 18.0 Å². The highest BCUT2D eigenvalue weighted by molar-refractivity contribution is 7.14. The van der Waals surface area contributed by atoms with Crippen LogP contribution in [0.25, 0.3) is 22.4 Å². The minimum Gasteiger partial charge on any atom is -0.497 e. The average molecular weight is 356 g/mol. The molecule has 24 heavy (non-hydrogen) atoms. The van der Waals surface area contributed by atoms with E-state index in [0.29, 0.717) is 21.5 Å². The summed E-state index contributed by atoms with van der Waals surface area (Å²) in [4.78, 5) is 17.2. The van der Waals surface area contributed by atoms with Gasteiger partial charge in [0.15, 0.2) is 10.9 Å². The summed E-state index contributed by atoms with van der Waals surface area (Å²) < 4.78 is 11.0. The predicted octanol–water partition coefficient (Wildman–Crippen LogP) is 4.88. The lowest BCUT2D eigenvalue weighted by atomic mass is 10.2. The van der Waals surface area contributed by atoms with Crippen molar-refractivity contribution in [3.63, 3.8) is 0 Å². The molecule has 120 valence electrons. The van der Waals surface area contributed by atoms with Gasteiger partial charge >= 0.3 is 0 Å². The number of carbonyl (C=O) groups is 1. The largest absolute Gasteiger partial charge is 0.497 e. The van der Waals surface area contributed by atoms with E-state index in [0.717, 1.165) is 16.7 Å². The molecule has 0 spiro atoms. The average Bonchev–Trinajstić information content (AvgIpc) is 3.33. The summed E-state index contributed by atoms with van der Waals surface area (Å²) in [6.45, 7) is 0. The fourth-order valence-electron chi connectivity index (χ4n) is 2.29. The molecule has 7 heteroatoms. The number of nitrogens with one attached hydrogen (secondary N) is 1. The highest BCUT2D eigenvalue weighted by Gasteiger charge is 2.13. The molecule has 4 aromatic rings. The number of carbonyl (C=O) groups excluding carboxylic acids is 1. The normalized spacial score (nSPS) is 10.9. The molecule has 1 aromatic carbocycles. The number of hydrogen-bond acceptors (Lipinski definition) is 6.